The van der Waals surface area contributed by atoms with Crippen LogP contribution >= 0.6 is 27.5 Å². The summed E-state index contributed by atoms with van der Waals surface area (Å²) in [6.45, 7) is 0.0949. The number of fused-ring (bicyclic) bond motifs is 1. The van der Waals surface area contributed by atoms with Crippen molar-refractivity contribution in [2.45, 2.75) is 0 Å². The Kier molecular flexibility index (Phi) is 1.85. The van der Waals surface area contributed by atoms with Crippen LogP contribution in [0.3, 0.4) is 0 Å². The molecule has 0 bridgehead atoms. The Morgan fingerprint density at radius 2 is 2.25 bits per heavy atom. The van der Waals surface area contributed by atoms with Gasteiger partial charge in [0.05, 0.1) is 15.1 Å². The zero-order valence-electron chi connectivity index (χ0n) is 5.93. The summed E-state index contributed by atoms with van der Waals surface area (Å²) in [5.74, 6) is 0.504. The fourth-order valence-electron chi connectivity index (χ4n) is 1.14. The minimum atomic E-state index is -0.0590. The molecule has 1 heterocycles. The van der Waals surface area contributed by atoms with E-state index in [-0.39, 0.29) is 12.4 Å². The normalized spacial score (nSPS) is 14.3. The Hall–Kier alpha value is -0.540. The van der Waals surface area contributed by atoms with Gasteiger partial charge >= 0.3 is 0 Å². The van der Waals surface area contributed by atoms with Gasteiger partial charge in [0.2, 0.25) is 5.78 Å². The fraction of sp³-hybridized carbons (Fsp3) is 0.125. The van der Waals surface area contributed by atoms with Gasteiger partial charge in [0.15, 0.2) is 6.61 Å². The van der Waals surface area contributed by atoms with Crippen molar-refractivity contribution in [2.24, 2.45) is 0 Å². The number of carbonyl (C=O) groups excluding carboxylic acids is 1. The third-order valence-electron chi connectivity index (χ3n) is 1.69. The van der Waals surface area contributed by atoms with E-state index in [1.54, 1.807) is 12.1 Å². The maximum absolute atomic E-state index is 11.2. The van der Waals surface area contributed by atoms with E-state index in [9.17, 15) is 4.79 Å². The third-order valence-corrected chi connectivity index (χ3v) is 2.62. The van der Waals surface area contributed by atoms with Crippen LogP contribution in [0.15, 0.2) is 16.6 Å². The number of ketones is 1. The van der Waals surface area contributed by atoms with Gasteiger partial charge in [0, 0.05) is 0 Å². The first kappa shape index (κ1) is 8.08. The first-order valence-electron chi connectivity index (χ1n) is 3.34. The minimum Gasteiger partial charge on any atom is -0.483 e. The maximum Gasteiger partial charge on any atom is 0.205 e. The second-order valence-corrected chi connectivity index (χ2v) is 3.71. The molecular weight excluding hydrogens is 243 g/mol. The highest BCUT2D eigenvalue weighted by atomic mass is 79.9. The Morgan fingerprint density at radius 3 is 2.92 bits per heavy atom. The SMILES string of the molecule is O=C1COc2c(Br)ccc(Cl)c21. The quantitative estimate of drug-likeness (QED) is 0.704. The van der Waals surface area contributed by atoms with Gasteiger partial charge in [-0.3, -0.25) is 4.79 Å². The second kappa shape index (κ2) is 2.75. The van der Waals surface area contributed by atoms with Crippen LogP contribution in [-0.2, 0) is 0 Å². The summed E-state index contributed by atoms with van der Waals surface area (Å²) in [5, 5.41) is 0.454. The molecule has 0 spiro atoms. The van der Waals surface area contributed by atoms with E-state index >= 15 is 0 Å². The molecule has 0 saturated carbocycles. The molecule has 0 saturated heterocycles. The van der Waals surface area contributed by atoms with E-state index in [1.807, 2.05) is 0 Å². The standard InChI is InChI=1S/C8H4BrClO2/c9-4-1-2-5(10)7-6(11)3-12-8(4)7/h1-2H,3H2. The largest absolute Gasteiger partial charge is 0.483 e. The van der Waals surface area contributed by atoms with Crippen LogP contribution in [-0.4, -0.2) is 12.4 Å². The Bertz CT molecular complexity index is 362. The van der Waals surface area contributed by atoms with Gasteiger partial charge in [0.25, 0.3) is 0 Å². The van der Waals surface area contributed by atoms with E-state index in [1.165, 1.54) is 0 Å². The number of rotatable bonds is 0. The number of benzene rings is 1. The van der Waals surface area contributed by atoms with E-state index < -0.39 is 0 Å². The summed E-state index contributed by atoms with van der Waals surface area (Å²) < 4.78 is 5.91. The summed E-state index contributed by atoms with van der Waals surface area (Å²) in [7, 11) is 0. The van der Waals surface area contributed by atoms with E-state index in [0.717, 1.165) is 4.47 Å². The molecule has 2 rings (SSSR count). The topological polar surface area (TPSA) is 26.3 Å². The molecule has 0 unspecified atom stereocenters. The molecule has 62 valence electrons. The van der Waals surface area contributed by atoms with E-state index in [2.05, 4.69) is 15.9 Å². The zero-order valence-corrected chi connectivity index (χ0v) is 8.28. The zero-order chi connectivity index (χ0) is 8.72. The summed E-state index contributed by atoms with van der Waals surface area (Å²) in [5.41, 5.74) is 0.492. The van der Waals surface area contributed by atoms with Gasteiger partial charge < -0.3 is 4.74 Å². The Morgan fingerprint density at radius 1 is 1.50 bits per heavy atom. The van der Waals surface area contributed by atoms with Crippen molar-refractivity contribution < 1.29 is 9.53 Å². The first-order chi connectivity index (χ1) is 5.70. The van der Waals surface area contributed by atoms with Crippen LogP contribution in [0, 0.1) is 0 Å². The van der Waals surface area contributed by atoms with Gasteiger partial charge in [-0.15, -0.1) is 0 Å². The molecule has 1 aliphatic rings. The van der Waals surface area contributed by atoms with Crippen LogP contribution in [0.25, 0.3) is 0 Å². The molecule has 0 radical (unpaired) electrons. The monoisotopic (exact) mass is 246 g/mol. The molecule has 0 aliphatic carbocycles. The molecular formula is C8H4BrClO2. The van der Waals surface area contributed by atoms with Crippen molar-refractivity contribution >= 4 is 33.3 Å². The summed E-state index contributed by atoms with van der Waals surface area (Å²) in [6.07, 6.45) is 0. The number of halogens is 2. The Labute approximate surface area is 82.6 Å². The first-order valence-corrected chi connectivity index (χ1v) is 4.51. The van der Waals surface area contributed by atoms with Gasteiger partial charge in [-0.05, 0) is 28.1 Å². The molecule has 1 aromatic rings. The molecule has 0 fully saturated rings. The Balaban J connectivity index is 2.72. The smallest absolute Gasteiger partial charge is 0.205 e. The highest BCUT2D eigenvalue weighted by Crippen LogP contribution is 2.37. The number of Topliss-reactive ketones (excluding diaryl/α,β-unsaturated/α-hetero) is 1. The van der Waals surface area contributed by atoms with Crippen LogP contribution < -0.4 is 4.74 Å². The molecule has 0 aromatic heterocycles. The molecule has 2 nitrogen and oxygen atoms in total. The van der Waals surface area contributed by atoms with Crippen LogP contribution in [0.5, 0.6) is 5.75 Å². The van der Waals surface area contributed by atoms with Crippen molar-refractivity contribution in [1.29, 1.82) is 0 Å². The van der Waals surface area contributed by atoms with Gasteiger partial charge in [-0.1, -0.05) is 11.6 Å². The highest BCUT2D eigenvalue weighted by molar-refractivity contribution is 9.10. The fourth-order valence-corrected chi connectivity index (χ4v) is 1.84. The van der Waals surface area contributed by atoms with Gasteiger partial charge in [0.1, 0.15) is 5.75 Å². The van der Waals surface area contributed by atoms with Gasteiger partial charge in [-0.2, -0.15) is 0 Å². The average Bonchev–Trinajstić information content (AvgIpc) is 2.42. The molecule has 1 aromatic carbocycles. The van der Waals surface area contributed by atoms with Crippen LogP contribution in [0.1, 0.15) is 10.4 Å². The lowest BCUT2D eigenvalue weighted by atomic mass is 10.1. The maximum atomic E-state index is 11.2. The number of hydrogen-bond donors (Lipinski definition) is 0. The lowest BCUT2D eigenvalue weighted by Crippen LogP contribution is -1.99. The van der Waals surface area contributed by atoms with Crippen molar-refractivity contribution in [2.75, 3.05) is 6.61 Å². The van der Waals surface area contributed by atoms with Crippen molar-refractivity contribution in [1.82, 2.24) is 0 Å². The molecule has 1 aliphatic heterocycles. The van der Waals surface area contributed by atoms with E-state index in [4.69, 9.17) is 16.3 Å². The molecule has 12 heavy (non-hydrogen) atoms. The van der Waals surface area contributed by atoms with Crippen molar-refractivity contribution in [3.8, 4) is 5.75 Å². The second-order valence-electron chi connectivity index (χ2n) is 2.45. The van der Waals surface area contributed by atoms with Crippen LogP contribution in [0.2, 0.25) is 5.02 Å². The lowest BCUT2D eigenvalue weighted by Gasteiger charge is -2.00. The molecule has 4 heteroatoms. The predicted octanol–water partition coefficient (Wildman–Crippen LogP) is 2.68. The average molecular weight is 247 g/mol. The third kappa shape index (κ3) is 1.04. The van der Waals surface area contributed by atoms with Crippen molar-refractivity contribution in [3.05, 3.63) is 27.2 Å². The van der Waals surface area contributed by atoms with Gasteiger partial charge in [-0.25, -0.2) is 0 Å². The highest BCUT2D eigenvalue weighted by Gasteiger charge is 2.25. The molecule has 0 amide bonds. The minimum absolute atomic E-state index is 0.0590. The summed E-state index contributed by atoms with van der Waals surface area (Å²) >= 11 is 9.09. The van der Waals surface area contributed by atoms with Crippen LogP contribution in [0.4, 0.5) is 0 Å². The number of hydrogen-bond acceptors (Lipinski definition) is 2. The lowest BCUT2D eigenvalue weighted by molar-refractivity contribution is 0.0961. The summed E-state index contributed by atoms with van der Waals surface area (Å²) in [4.78, 5) is 11.2. The van der Waals surface area contributed by atoms with E-state index in [0.29, 0.717) is 16.3 Å². The molecule has 0 N–H and O–H groups in total. The molecule has 0 atom stereocenters. The predicted molar refractivity (Wildman–Crippen MR) is 49.0 cm³/mol. The number of ether oxygens (including phenoxy) is 1. The summed E-state index contributed by atoms with van der Waals surface area (Å²) in [6, 6.07) is 3.44. The van der Waals surface area contributed by atoms with Crippen molar-refractivity contribution in [3.63, 3.8) is 0 Å². The number of carbonyl (C=O) groups is 1.